The van der Waals surface area contributed by atoms with Crippen LogP contribution in [0.25, 0.3) is 22.9 Å². The number of carboxylic acid groups (broad SMARTS) is 1. The highest BCUT2D eigenvalue weighted by Gasteiger charge is 2.37. The number of carboxylic acids is 1. The molecular weight excluding hydrogens is 370 g/mol. The summed E-state index contributed by atoms with van der Waals surface area (Å²) in [6, 6.07) is 14.7. The van der Waals surface area contributed by atoms with Crippen LogP contribution in [0.3, 0.4) is 0 Å². The summed E-state index contributed by atoms with van der Waals surface area (Å²) in [5.41, 5.74) is 3.21. The lowest BCUT2D eigenvalue weighted by atomic mass is 9.99. The normalized spacial score (nSPS) is 18.8. The lowest BCUT2D eigenvalue weighted by Gasteiger charge is -2.16. The second-order valence-corrected chi connectivity index (χ2v) is 7.49. The molecule has 1 aromatic heterocycles. The molecule has 0 bridgehead atoms. The summed E-state index contributed by atoms with van der Waals surface area (Å²) >= 11 is 0. The molecule has 0 spiro atoms. The molecule has 148 valence electrons. The van der Waals surface area contributed by atoms with Crippen LogP contribution in [-0.2, 0) is 4.79 Å². The average molecular weight is 391 g/mol. The third-order valence-electron chi connectivity index (χ3n) is 5.32. The van der Waals surface area contributed by atoms with Crippen LogP contribution in [-0.4, -0.2) is 45.2 Å². The topological polar surface area (TPSA) is 96.5 Å². The quantitative estimate of drug-likeness (QED) is 0.731. The average Bonchev–Trinajstić information content (AvgIpc) is 3.35. The Kier molecular flexibility index (Phi) is 4.88. The number of aliphatic carboxylic acids is 1. The van der Waals surface area contributed by atoms with Crippen LogP contribution in [0, 0.1) is 18.8 Å². The molecule has 2 aromatic carbocycles. The monoisotopic (exact) mass is 391 g/mol. The molecule has 1 amide bonds. The number of rotatable bonds is 4. The van der Waals surface area contributed by atoms with E-state index in [4.69, 9.17) is 4.42 Å². The minimum absolute atomic E-state index is 0.0608. The third-order valence-corrected chi connectivity index (χ3v) is 5.32. The van der Waals surface area contributed by atoms with Gasteiger partial charge in [0.2, 0.25) is 11.8 Å². The van der Waals surface area contributed by atoms with Gasteiger partial charge in [0.15, 0.2) is 0 Å². The Balaban J connectivity index is 1.49. The second-order valence-electron chi connectivity index (χ2n) is 7.49. The highest BCUT2D eigenvalue weighted by atomic mass is 16.4. The van der Waals surface area contributed by atoms with E-state index in [1.165, 1.54) is 0 Å². The summed E-state index contributed by atoms with van der Waals surface area (Å²) in [7, 11) is 0. The number of benzene rings is 2. The zero-order chi connectivity index (χ0) is 20.5. The molecule has 1 fully saturated rings. The van der Waals surface area contributed by atoms with E-state index in [1.54, 1.807) is 29.2 Å². The third kappa shape index (κ3) is 3.76. The van der Waals surface area contributed by atoms with Crippen LogP contribution in [0.1, 0.15) is 22.8 Å². The molecule has 1 aliphatic rings. The van der Waals surface area contributed by atoms with Gasteiger partial charge in [-0.05, 0) is 49.2 Å². The number of nitrogens with zero attached hydrogens (tertiary/aromatic N) is 3. The maximum Gasteiger partial charge on any atom is 0.308 e. The van der Waals surface area contributed by atoms with E-state index in [2.05, 4.69) is 10.2 Å². The van der Waals surface area contributed by atoms with Gasteiger partial charge < -0.3 is 14.4 Å². The van der Waals surface area contributed by atoms with Gasteiger partial charge in [-0.1, -0.05) is 24.6 Å². The highest BCUT2D eigenvalue weighted by Crippen LogP contribution is 2.27. The number of hydrogen-bond acceptors (Lipinski definition) is 5. The first-order chi connectivity index (χ1) is 13.9. The fourth-order valence-electron chi connectivity index (χ4n) is 3.54. The molecule has 1 N–H and O–H groups in total. The van der Waals surface area contributed by atoms with Gasteiger partial charge in [0.05, 0.1) is 5.92 Å². The van der Waals surface area contributed by atoms with Crippen LogP contribution in [0.5, 0.6) is 0 Å². The van der Waals surface area contributed by atoms with Crippen molar-refractivity contribution in [2.45, 2.75) is 13.8 Å². The van der Waals surface area contributed by atoms with Gasteiger partial charge in [-0.15, -0.1) is 10.2 Å². The minimum atomic E-state index is -0.857. The van der Waals surface area contributed by atoms with Crippen molar-refractivity contribution in [3.05, 3.63) is 59.7 Å². The molecule has 1 aliphatic heterocycles. The molecule has 2 atom stereocenters. The fourth-order valence-corrected chi connectivity index (χ4v) is 3.54. The van der Waals surface area contributed by atoms with Crippen molar-refractivity contribution in [3.8, 4) is 22.9 Å². The van der Waals surface area contributed by atoms with E-state index >= 15 is 0 Å². The SMILES string of the molecule is Cc1ccc(-c2nnc(-c3ccc(C(=O)N4C[C@@H](C)[C@H](C(=O)O)C4)cc3)o2)cc1. The number of hydrogen-bond donors (Lipinski definition) is 1. The van der Waals surface area contributed by atoms with Crippen LogP contribution < -0.4 is 0 Å². The number of amides is 1. The van der Waals surface area contributed by atoms with Crippen LogP contribution in [0.15, 0.2) is 52.9 Å². The Morgan fingerprint density at radius 2 is 1.52 bits per heavy atom. The van der Waals surface area contributed by atoms with Crippen LogP contribution in [0.4, 0.5) is 0 Å². The Labute approximate surface area is 168 Å². The molecule has 0 saturated carbocycles. The molecule has 2 heterocycles. The summed E-state index contributed by atoms with van der Waals surface area (Å²) in [4.78, 5) is 25.6. The lowest BCUT2D eigenvalue weighted by Crippen LogP contribution is -2.29. The summed E-state index contributed by atoms with van der Waals surface area (Å²) in [6.07, 6.45) is 0. The lowest BCUT2D eigenvalue weighted by molar-refractivity contribution is -0.142. The zero-order valence-electron chi connectivity index (χ0n) is 16.2. The Morgan fingerprint density at radius 1 is 0.966 bits per heavy atom. The molecule has 0 unspecified atom stereocenters. The minimum Gasteiger partial charge on any atom is -0.481 e. The number of likely N-dealkylation sites (tertiary alicyclic amines) is 1. The van der Waals surface area contributed by atoms with E-state index in [0.717, 1.165) is 11.1 Å². The van der Waals surface area contributed by atoms with E-state index in [0.29, 0.717) is 29.5 Å². The summed E-state index contributed by atoms with van der Waals surface area (Å²) in [5, 5.41) is 17.5. The molecule has 7 nitrogen and oxygen atoms in total. The van der Waals surface area contributed by atoms with E-state index in [9.17, 15) is 14.7 Å². The molecule has 0 aliphatic carbocycles. The van der Waals surface area contributed by atoms with Crippen molar-refractivity contribution in [3.63, 3.8) is 0 Å². The fraction of sp³-hybridized carbons (Fsp3) is 0.273. The van der Waals surface area contributed by atoms with Crippen molar-refractivity contribution in [1.82, 2.24) is 15.1 Å². The van der Waals surface area contributed by atoms with Crippen molar-refractivity contribution in [2.75, 3.05) is 13.1 Å². The Hall–Kier alpha value is -3.48. The highest BCUT2D eigenvalue weighted by molar-refractivity contribution is 5.95. The molecule has 7 heteroatoms. The number of aromatic nitrogens is 2. The predicted octanol–water partition coefficient (Wildman–Crippen LogP) is 3.50. The Bertz CT molecular complexity index is 1040. The molecule has 0 radical (unpaired) electrons. The van der Waals surface area contributed by atoms with Crippen molar-refractivity contribution in [1.29, 1.82) is 0 Å². The first kappa shape index (κ1) is 18.9. The predicted molar refractivity (Wildman–Crippen MR) is 106 cm³/mol. The number of carbonyl (C=O) groups excluding carboxylic acids is 1. The van der Waals surface area contributed by atoms with Gasteiger partial charge >= 0.3 is 5.97 Å². The number of aryl methyl sites for hydroxylation is 1. The van der Waals surface area contributed by atoms with Gasteiger partial charge in [0, 0.05) is 29.8 Å². The van der Waals surface area contributed by atoms with Crippen molar-refractivity contribution in [2.24, 2.45) is 11.8 Å². The van der Waals surface area contributed by atoms with Crippen molar-refractivity contribution < 1.29 is 19.1 Å². The molecule has 29 heavy (non-hydrogen) atoms. The van der Waals surface area contributed by atoms with Crippen molar-refractivity contribution >= 4 is 11.9 Å². The first-order valence-corrected chi connectivity index (χ1v) is 9.45. The number of carbonyl (C=O) groups is 2. The van der Waals surface area contributed by atoms with Gasteiger partial charge in [-0.3, -0.25) is 9.59 Å². The standard InChI is InChI=1S/C22H21N3O4/c1-13-3-5-15(6-4-13)19-23-24-20(29-19)16-7-9-17(10-8-16)21(26)25-11-14(2)18(12-25)22(27)28/h3-10,14,18H,11-12H2,1-2H3,(H,27,28)/t14-,18-/m1/s1. The summed E-state index contributed by atoms with van der Waals surface area (Å²) in [5.74, 6) is -0.792. The summed E-state index contributed by atoms with van der Waals surface area (Å²) in [6.45, 7) is 4.55. The van der Waals surface area contributed by atoms with Crippen LogP contribution >= 0.6 is 0 Å². The molecule has 4 rings (SSSR count). The van der Waals surface area contributed by atoms with Gasteiger partial charge in [-0.2, -0.15) is 0 Å². The smallest absolute Gasteiger partial charge is 0.308 e. The van der Waals surface area contributed by atoms with Crippen LogP contribution in [0.2, 0.25) is 0 Å². The first-order valence-electron chi connectivity index (χ1n) is 9.45. The van der Waals surface area contributed by atoms with E-state index < -0.39 is 11.9 Å². The Morgan fingerprint density at radius 3 is 2.03 bits per heavy atom. The zero-order valence-corrected chi connectivity index (χ0v) is 16.2. The van der Waals surface area contributed by atoms with Gasteiger partial charge in [-0.25, -0.2) is 0 Å². The molecular formula is C22H21N3O4. The molecule has 1 saturated heterocycles. The van der Waals surface area contributed by atoms with E-state index in [-0.39, 0.29) is 18.4 Å². The largest absolute Gasteiger partial charge is 0.481 e. The molecule has 3 aromatic rings. The maximum atomic E-state index is 12.7. The maximum absolute atomic E-state index is 12.7. The van der Waals surface area contributed by atoms with Gasteiger partial charge in [0.1, 0.15) is 0 Å². The van der Waals surface area contributed by atoms with E-state index in [1.807, 2.05) is 38.1 Å². The van der Waals surface area contributed by atoms with Gasteiger partial charge in [0.25, 0.3) is 5.91 Å². The summed E-state index contributed by atoms with van der Waals surface area (Å²) < 4.78 is 5.77. The second kappa shape index (κ2) is 7.50.